The molecule has 4 aliphatic carbocycles. The van der Waals surface area contributed by atoms with E-state index in [-0.39, 0.29) is 42.0 Å². The molecule has 2 bridgehead atoms. The first kappa shape index (κ1) is 15.2. The number of aromatic nitrogens is 2. The standard InChI is InChI=1S/C17H18N4O3S/c1-2-12-19-20-17(25-12)18-11(22)6-21-15(23)13-7-3-4-8(10-5-9(7)10)14(13)16(21)24/h3-4,7-10,13-14H,2,5-6H2,1H3,(H,18,20,22). The Labute approximate surface area is 148 Å². The SMILES string of the molecule is CCc1nnc(NC(=O)CN2C(=O)C3C4C=CC(C5CC45)C3C2=O)s1. The molecule has 0 radical (unpaired) electrons. The average molecular weight is 358 g/mol. The molecule has 1 saturated heterocycles. The summed E-state index contributed by atoms with van der Waals surface area (Å²) < 4.78 is 0. The highest BCUT2D eigenvalue weighted by atomic mass is 32.1. The smallest absolute Gasteiger partial charge is 0.246 e. The molecule has 3 amide bonds. The Hall–Kier alpha value is -2.09. The van der Waals surface area contributed by atoms with Crippen molar-refractivity contribution in [2.24, 2.45) is 35.5 Å². The van der Waals surface area contributed by atoms with Crippen LogP contribution >= 0.6 is 11.3 Å². The van der Waals surface area contributed by atoms with Crippen molar-refractivity contribution in [1.82, 2.24) is 15.1 Å². The van der Waals surface area contributed by atoms with E-state index in [1.54, 1.807) is 0 Å². The number of rotatable bonds is 4. The lowest BCUT2D eigenvalue weighted by Crippen LogP contribution is -2.40. The van der Waals surface area contributed by atoms with Gasteiger partial charge in [-0.2, -0.15) is 0 Å². The average Bonchev–Trinajstić information content (AvgIpc) is 3.27. The largest absolute Gasteiger partial charge is 0.299 e. The lowest BCUT2D eigenvalue weighted by atomic mass is 9.63. The first-order valence-corrected chi connectivity index (χ1v) is 9.56. The molecular weight excluding hydrogens is 340 g/mol. The second-order valence-corrected chi connectivity index (χ2v) is 8.38. The van der Waals surface area contributed by atoms with Crippen LogP contribution in [0.25, 0.3) is 0 Å². The van der Waals surface area contributed by atoms with E-state index in [4.69, 9.17) is 0 Å². The van der Waals surface area contributed by atoms with Crippen molar-refractivity contribution < 1.29 is 14.4 Å². The molecule has 2 saturated carbocycles. The summed E-state index contributed by atoms with van der Waals surface area (Å²) >= 11 is 1.31. The van der Waals surface area contributed by atoms with Crippen molar-refractivity contribution >= 4 is 34.2 Å². The molecule has 5 aliphatic rings. The second kappa shape index (κ2) is 5.20. The molecule has 0 aromatic carbocycles. The second-order valence-electron chi connectivity index (χ2n) is 7.32. The number of aryl methyl sites for hydroxylation is 1. The van der Waals surface area contributed by atoms with Crippen LogP contribution < -0.4 is 5.32 Å². The molecule has 8 heteroatoms. The van der Waals surface area contributed by atoms with Gasteiger partial charge in [-0.05, 0) is 36.5 Å². The molecule has 1 aromatic heterocycles. The molecule has 3 fully saturated rings. The van der Waals surface area contributed by atoms with Crippen molar-refractivity contribution in [3.8, 4) is 0 Å². The number of hydrogen-bond acceptors (Lipinski definition) is 6. The molecule has 2 heterocycles. The van der Waals surface area contributed by atoms with Gasteiger partial charge in [-0.1, -0.05) is 30.4 Å². The maximum absolute atomic E-state index is 12.8. The predicted molar refractivity (Wildman–Crippen MR) is 89.3 cm³/mol. The van der Waals surface area contributed by atoms with Crippen molar-refractivity contribution in [1.29, 1.82) is 0 Å². The Morgan fingerprint density at radius 1 is 1.20 bits per heavy atom. The zero-order chi connectivity index (χ0) is 17.3. The highest BCUT2D eigenvalue weighted by Crippen LogP contribution is 2.65. The van der Waals surface area contributed by atoms with Crippen LogP contribution in [0.4, 0.5) is 5.13 Å². The minimum Gasteiger partial charge on any atom is -0.299 e. The predicted octanol–water partition coefficient (Wildman–Crippen LogP) is 1.09. The number of amides is 3. The monoisotopic (exact) mass is 358 g/mol. The fraction of sp³-hybridized carbons (Fsp3) is 0.588. The summed E-state index contributed by atoms with van der Waals surface area (Å²) in [5, 5.41) is 11.7. The highest BCUT2D eigenvalue weighted by Gasteiger charge is 2.67. The molecular formula is C17H18N4O3S. The zero-order valence-corrected chi connectivity index (χ0v) is 14.5. The molecule has 1 aromatic rings. The van der Waals surface area contributed by atoms with E-state index in [2.05, 4.69) is 27.7 Å². The van der Waals surface area contributed by atoms with Gasteiger partial charge >= 0.3 is 0 Å². The summed E-state index contributed by atoms with van der Waals surface area (Å²) in [4.78, 5) is 39.1. The topological polar surface area (TPSA) is 92.3 Å². The molecule has 0 spiro atoms. The van der Waals surface area contributed by atoms with Gasteiger partial charge in [-0.3, -0.25) is 24.6 Å². The fourth-order valence-corrected chi connectivity index (χ4v) is 5.62. The Morgan fingerprint density at radius 3 is 2.40 bits per heavy atom. The maximum atomic E-state index is 12.8. The minimum atomic E-state index is -0.399. The van der Waals surface area contributed by atoms with Gasteiger partial charge in [0.25, 0.3) is 0 Å². The summed E-state index contributed by atoms with van der Waals surface area (Å²) in [5.74, 6) is 0.220. The molecule has 25 heavy (non-hydrogen) atoms. The van der Waals surface area contributed by atoms with Crippen molar-refractivity contribution in [3.63, 3.8) is 0 Å². The lowest BCUT2D eigenvalue weighted by molar-refractivity contribution is -0.142. The molecule has 130 valence electrons. The van der Waals surface area contributed by atoms with Crippen LogP contribution in [0.1, 0.15) is 18.4 Å². The molecule has 6 atom stereocenters. The molecule has 6 unspecified atom stereocenters. The minimum absolute atomic E-state index is 0.179. The molecule has 1 aliphatic heterocycles. The van der Waals surface area contributed by atoms with Crippen LogP contribution in [0, 0.1) is 35.5 Å². The first-order chi connectivity index (χ1) is 12.1. The number of allylic oxidation sites excluding steroid dienone is 2. The summed E-state index contributed by atoms with van der Waals surface area (Å²) in [6.07, 6.45) is 6.13. The number of carbonyl (C=O) groups is 3. The van der Waals surface area contributed by atoms with E-state index in [9.17, 15) is 14.4 Å². The van der Waals surface area contributed by atoms with Gasteiger partial charge in [0.15, 0.2) is 0 Å². The van der Waals surface area contributed by atoms with Crippen molar-refractivity contribution in [2.75, 3.05) is 11.9 Å². The molecule has 1 N–H and O–H groups in total. The van der Waals surface area contributed by atoms with Crippen LogP contribution in [0.2, 0.25) is 0 Å². The van der Waals surface area contributed by atoms with Gasteiger partial charge in [-0.25, -0.2) is 0 Å². The van der Waals surface area contributed by atoms with Gasteiger partial charge in [0, 0.05) is 0 Å². The Kier molecular flexibility index (Phi) is 3.16. The number of imide groups is 1. The van der Waals surface area contributed by atoms with E-state index < -0.39 is 5.91 Å². The van der Waals surface area contributed by atoms with E-state index >= 15 is 0 Å². The number of hydrogen-bond donors (Lipinski definition) is 1. The van der Waals surface area contributed by atoms with Crippen molar-refractivity contribution in [2.45, 2.75) is 19.8 Å². The number of carbonyl (C=O) groups excluding carboxylic acids is 3. The van der Waals surface area contributed by atoms with E-state index in [0.29, 0.717) is 17.0 Å². The van der Waals surface area contributed by atoms with Gasteiger partial charge in [0.2, 0.25) is 22.9 Å². The molecule has 7 nitrogen and oxygen atoms in total. The lowest BCUT2D eigenvalue weighted by Gasteiger charge is -2.37. The normalized spacial score (nSPS) is 37.2. The van der Waals surface area contributed by atoms with Crippen LogP contribution in [0.5, 0.6) is 0 Å². The van der Waals surface area contributed by atoms with Crippen LogP contribution in [0.15, 0.2) is 12.2 Å². The van der Waals surface area contributed by atoms with Gasteiger partial charge in [-0.15, -0.1) is 10.2 Å². The Balaban J connectivity index is 1.31. The summed E-state index contributed by atoms with van der Waals surface area (Å²) in [6.45, 7) is 1.72. The first-order valence-electron chi connectivity index (χ1n) is 8.74. The van der Waals surface area contributed by atoms with Gasteiger partial charge in [0.1, 0.15) is 11.6 Å². The quantitative estimate of drug-likeness (QED) is 0.643. The number of nitrogens with one attached hydrogen (secondary N) is 1. The summed E-state index contributed by atoms with van der Waals surface area (Å²) in [6, 6.07) is 0. The Bertz CT molecular complexity index is 783. The van der Waals surface area contributed by atoms with Crippen LogP contribution in [0.3, 0.4) is 0 Å². The molecule has 6 rings (SSSR count). The number of anilines is 1. The Morgan fingerprint density at radius 2 is 1.84 bits per heavy atom. The highest BCUT2D eigenvalue weighted by molar-refractivity contribution is 7.15. The fourth-order valence-electron chi connectivity index (χ4n) is 4.92. The number of likely N-dealkylation sites (tertiary alicyclic amines) is 1. The maximum Gasteiger partial charge on any atom is 0.246 e. The van der Waals surface area contributed by atoms with Crippen molar-refractivity contribution in [3.05, 3.63) is 17.2 Å². The summed E-state index contributed by atoms with van der Waals surface area (Å²) in [5.41, 5.74) is 0. The third-order valence-electron chi connectivity index (χ3n) is 6.07. The number of nitrogens with zero attached hydrogens (tertiary/aromatic N) is 3. The van der Waals surface area contributed by atoms with E-state index in [1.165, 1.54) is 11.3 Å². The van der Waals surface area contributed by atoms with E-state index in [0.717, 1.165) is 22.7 Å². The van der Waals surface area contributed by atoms with Gasteiger partial charge in [0.05, 0.1) is 11.8 Å². The zero-order valence-electron chi connectivity index (χ0n) is 13.7. The third kappa shape index (κ3) is 2.13. The van der Waals surface area contributed by atoms with Gasteiger partial charge < -0.3 is 0 Å². The van der Waals surface area contributed by atoms with E-state index in [1.807, 2.05) is 6.92 Å². The third-order valence-corrected chi connectivity index (χ3v) is 7.05. The summed E-state index contributed by atoms with van der Waals surface area (Å²) in [7, 11) is 0. The van der Waals surface area contributed by atoms with Crippen LogP contribution in [-0.2, 0) is 20.8 Å². The van der Waals surface area contributed by atoms with Crippen LogP contribution in [-0.4, -0.2) is 39.4 Å².